The molecule has 1 saturated carbocycles. The number of carbonyl (C=O) groups excluding carboxylic acids is 1. The number of piperidine rings is 1. The number of fused-ring (bicyclic) bond motifs is 1. The van der Waals surface area contributed by atoms with Crippen LogP contribution in [-0.2, 0) is 25.6 Å². The van der Waals surface area contributed by atoms with E-state index in [1.54, 1.807) is 7.11 Å². The van der Waals surface area contributed by atoms with E-state index in [0.717, 1.165) is 69.0 Å². The van der Waals surface area contributed by atoms with Gasteiger partial charge in [-0.25, -0.2) is 0 Å². The molecule has 3 aliphatic rings. The molecule has 2 fully saturated rings. The number of nitrogens with one attached hydrogen (secondary N) is 2. The number of carbonyl (C=O) groups is 1. The number of hydrogen-bond acceptors (Lipinski definition) is 7. The molecule has 0 spiro atoms. The van der Waals surface area contributed by atoms with Crippen LogP contribution in [0.4, 0.5) is 5.69 Å². The van der Waals surface area contributed by atoms with Gasteiger partial charge in [0.2, 0.25) is 5.91 Å². The average molecular weight is 594 g/mol. The molecule has 0 radical (unpaired) electrons. The second-order valence-electron chi connectivity index (χ2n) is 12.3. The maximum absolute atomic E-state index is 12.5. The van der Waals surface area contributed by atoms with Gasteiger partial charge in [-0.3, -0.25) is 4.79 Å². The van der Waals surface area contributed by atoms with Crippen molar-refractivity contribution in [3.05, 3.63) is 59.2 Å². The summed E-state index contributed by atoms with van der Waals surface area (Å²) in [4.78, 5) is 14.9. The quantitative estimate of drug-likeness (QED) is 0.259. The molecule has 8 nitrogen and oxygen atoms in total. The topological polar surface area (TPSA) is 81.3 Å². The van der Waals surface area contributed by atoms with Crippen LogP contribution in [0.15, 0.2) is 42.5 Å². The first-order valence-electron chi connectivity index (χ1n) is 16.3. The van der Waals surface area contributed by atoms with E-state index in [1.807, 2.05) is 7.11 Å². The number of anilines is 1. The van der Waals surface area contributed by atoms with Crippen LogP contribution < -0.4 is 20.3 Å². The Hall–Kier alpha value is -2.65. The van der Waals surface area contributed by atoms with Crippen molar-refractivity contribution in [1.29, 1.82) is 0 Å². The largest absolute Gasteiger partial charge is 0.490 e. The highest BCUT2D eigenvalue weighted by atomic mass is 16.5. The highest BCUT2D eigenvalue weighted by Gasteiger charge is 2.36. The molecule has 4 atom stereocenters. The van der Waals surface area contributed by atoms with Crippen LogP contribution in [-0.4, -0.2) is 72.2 Å². The van der Waals surface area contributed by atoms with E-state index in [0.29, 0.717) is 32.1 Å². The predicted molar refractivity (Wildman–Crippen MR) is 170 cm³/mol. The van der Waals surface area contributed by atoms with Gasteiger partial charge in [0.15, 0.2) is 0 Å². The number of unbranched alkanes of at least 4 members (excludes halogenated alkanes) is 1. The lowest BCUT2D eigenvalue weighted by atomic mass is 9.78. The fourth-order valence-electron chi connectivity index (χ4n) is 6.64. The monoisotopic (exact) mass is 593 g/mol. The van der Waals surface area contributed by atoms with Gasteiger partial charge in [0.05, 0.1) is 31.0 Å². The van der Waals surface area contributed by atoms with E-state index >= 15 is 0 Å². The van der Waals surface area contributed by atoms with Gasteiger partial charge in [-0.1, -0.05) is 43.7 Å². The van der Waals surface area contributed by atoms with E-state index in [9.17, 15) is 4.79 Å². The van der Waals surface area contributed by atoms with Crippen molar-refractivity contribution in [1.82, 2.24) is 10.6 Å². The fourth-order valence-corrected chi connectivity index (χ4v) is 6.64. The van der Waals surface area contributed by atoms with Gasteiger partial charge in [0.1, 0.15) is 12.4 Å². The fraction of sp³-hybridized carbons (Fsp3) is 0.629. The Labute approximate surface area is 257 Å². The highest BCUT2D eigenvalue weighted by molar-refractivity contribution is 5.75. The van der Waals surface area contributed by atoms with Crippen molar-refractivity contribution in [2.24, 2.45) is 11.8 Å². The van der Waals surface area contributed by atoms with E-state index in [1.165, 1.54) is 24.0 Å². The Balaban J connectivity index is 1.31. The summed E-state index contributed by atoms with van der Waals surface area (Å²) in [6.07, 6.45) is 6.13. The molecule has 1 unspecified atom stereocenters. The number of ether oxygens (including phenoxy) is 4. The highest BCUT2D eigenvalue weighted by Crippen LogP contribution is 2.43. The average Bonchev–Trinajstić information content (AvgIpc) is 3.88. The Morgan fingerprint density at radius 3 is 2.70 bits per heavy atom. The number of amides is 1. The van der Waals surface area contributed by atoms with Crippen LogP contribution in [0.25, 0.3) is 0 Å². The third-order valence-corrected chi connectivity index (χ3v) is 9.16. The van der Waals surface area contributed by atoms with Gasteiger partial charge in [0.25, 0.3) is 0 Å². The van der Waals surface area contributed by atoms with E-state index in [-0.39, 0.29) is 30.0 Å². The molecular formula is C35H51N3O5. The Morgan fingerprint density at radius 1 is 1.12 bits per heavy atom. The van der Waals surface area contributed by atoms with Crippen LogP contribution in [0, 0.1) is 11.8 Å². The Bertz CT molecular complexity index is 1150. The van der Waals surface area contributed by atoms with Crippen molar-refractivity contribution in [3.63, 3.8) is 0 Å². The number of rotatable bonds is 16. The maximum atomic E-state index is 12.5. The third-order valence-electron chi connectivity index (χ3n) is 9.16. The van der Waals surface area contributed by atoms with E-state index in [2.05, 4.69) is 64.9 Å². The zero-order chi connectivity index (χ0) is 30.0. The number of hydrogen-bond donors (Lipinski definition) is 2. The molecule has 43 heavy (non-hydrogen) atoms. The lowest BCUT2D eigenvalue weighted by molar-refractivity contribution is -0.121. The summed E-state index contributed by atoms with van der Waals surface area (Å²) in [5.41, 5.74) is 4.78. The van der Waals surface area contributed by atoms with Crippen molar-refractivity contribution >= 4 is 11.6 Å². The summed E-state index contributed by atoms with van der Waals surface area (Å²) in [7, 11) is 3.57. The molecule has 2 aromatic rings. The summed E-state index contributed by atoms with van der Waals surface area (Å²) in [6, 6.07) is 15.4. The predicted octanol–water partition coefficient (Wildman–Crippen LogP) is 5.21. The minimum Gasteiger partial charge on any atom is -0.490 e. The Morgan fingerprint density at radius 2 is 1.95 bits per heavy atom. The molecule has 5 rings (SSSR count). The molecule has 8 heteroatoms. The first-order chi connectivity index (χ1) is 21.1. The lowest BCUT2D eigenvalue weighted by Gasteiger charge is -2.39. The number of benzene rings is 2. The molecule has 236 valence electrons. The Kier molecular flexibility index (Phi) is 11.7. The van der Waals surface area contributed by atoms with Crippen molar-refractivity contribution in [2.45, 2.75) is 70.2 Å². The van der Waals surface area contributed by atoms with Gasteiger partial charge in [-0.2, -0.15) is 0 Å². The van der Waals surface area contributed by atoms with Crippen LogP contribution in [0.2, 0.25) is 0 Å². The smallest absolute Gasteiger partial charge is 0.220 e. The van der Waals surface area contributed by atoms with Crippen LogP contribution >= 0.6 is 0 Å². The van der Waals surface area contributed by atoms with Gasteiger partial charge in [0, 0.05) is 59.3 Å². The zero-order valence-corrected chi connectivity index (χ0v) is 26.3. The third kappa shape index (κ3) is 8.50. The standard InChI is InChI=1S/C35H51N3O5/c1-4-5-7-33(39)37-22-29-21-36-23-32(34(29)26-9-11-27(12-10-26)35(41-3)28-13-14-28)43-24-25-8-15-31-30(20-25)38(17-19-42-31)16-6-18-40-2/h8-12,15,20,28-29,32,34-36H,4-7,13-14,16-19,21-24H2,1-3H3,(H,37,39)/t29-,32-,34-,35?/m0/s1. The molecule has 1 aliphatic carbocycles. The molecule has 2 heterocycles. The summed E-state index contributed by atoms with van der Waals surface area (Å²) in [5.74, 6) is 2.09. The lowest BCUT2D eigenvalue weighted by Crippen LogP contribution is -2.50. The number of nitrogens with zero attached hydrogens (tertiary/aromatic N) is 1. The summed E-state index contributed by atoms with van der Waals surface area (Å²) in [6.45, 7) is 8.15. The van der Waals surface area contributed by atoms with Crippen molar-refractivity contribution in [2.75, 3.05) is 65.1 Å². The minimum absolute atomic E-state index is 0.0242. The van der Waals surface area contributed by atoms with Gasteiger partial charge in [-0.05, 0) is 66.3 Å². The summed E-state index contributed by atoms with van der Waals surface area (Å²) < 4.78 is 23.8. The van der Waals surface area contributed by atoms with Crippen LogP contribution in [0.1, 0.15) is 74.2 Å². The zero-order valence-electron chi connectivity index (χ0n) is 26.3. The van der Waals surface area contributed by atoms with Gasteiger partial charge in [-0.15, -0.1) is 0 Å². The second-order valence-corrected chi connectivity index (χ2v) is 12.3. The molecular weight excluding hydrogens is 542 g/mol. The van der Waals surface area contributed by atoms with Crippen LogP contribution in [0.3, 0.4) is 0 Å². The van der Waals surface area contributed by atoms with E-state index in [4.69, 9.17) is 18.9 Å². The van der Waals surface area contributed by atoms with Crippen LogP contribution in [0.5, 0.6) is 5.75 Å². The number of methoxy groups -OCH3 is 2. The van der Waals surface area contributed by atoms with Crippen molar-refractivity contribution in [3.8, 4) is 5.75 Å². The molecule has 0 aromatic heterocycles. The normalized spacial score (nSPS) is 22.5. The first kappa shape index (κ1) is 31.8. The summed E-state index contributed by atoms with van der Waals surface area (Å²) in [5, 5.41) is 6.82. The molecule has 2 aliphatic heterocycles. The van der Waals surface area contributed by atoms with E-state index < -0.39 is 0 Å². The molecule has 2 aromatic carbocycles. The maximum Gasteiger partial charge on any atom is 0.220 e. The first-order valence-corrected chi connectivity index (χ1v) is 16.3. The molecule has 2 N–H and O–H groups in total. The molecule has 0 bridgehead atoms. The van der Waals surface area contributed by atoms with Crippen molar-refractivity contribution < 1.29 is 23.7 Å². The molecule has 1 amide bonds. The summed E-state index contributed by atoms with van der Waals surface area (Å²) >= 11 is 0. The minimum atomic E-state index is -0.0242. The van der Waals surface area contributed by atoms with Gasteiger partial charge < -0.3 is 34.5 Å². The SMILES string of the molecule is CCCCC(=O)NC[C@@H]1CNC[C@H](OCc2ccc3c(c2)N(CCCOC)CCO3)[C@H]1c1ccc(C(OC)C2CC2)cc1. The molecule has 1 saturated heterocycles. The van der Waals surface area contributed by atoms with Gasteiger partial charge >= 0.3 is 0 Å². The second kappa shape index (κ2) is 15.9.